The van der Waals surface area contributed by atoms with Crippen molar-refractivity contribution in [3.63, 3.8) is 0 Å². The van der Waals surface area contributed by atoms with Gasteiger partial charge in [-0.25, -0.2) is 9.37 Å². The molecular weight excluding hydrogens is 481 g/mol. The molecule has 4 aromatic rings. The van der Waals surface area contributed by atoms with Crippen LogP contribution in [0.15, 0.2) is 42.7 Å². The van der Waals surface area contributed by atoms with Crippen molar-refractivity contribution >= 4 is 22.8 Å². The molecule has 2 amide bonds. The summed E-state index contributed by atoms with van der Waals surface area (Å²) in [5.41, 5.74) is 10.6. The van der Waals surface area contributed by atoms with Gasteiger partial charge in [0, 0.05) is 35.5 Å². The smallest absolute Gasteiger partial charge is 0.254 e. The molecule has 0 saturated carbocycles. The highest BCUT2D eigenvalue weighted by Crippen LogP contribution is 2.38. The summed E-state index contributed by atoms with van der Waals surface area (Å²) in [6, 6.07) is 8.53. The molecule has 0 bridgehead atoms. The highest BCUT2D eigenvalue weighted by molar-refractivity contribution is 6.11. The van der Waals surface area contributed by atoms with E-state index in [-0.39, 0.29) is 29.2 Å². The predicted molar refractivity (Wildman–Crippen MR) is 144 cm³/mol. The Morgan fingerprint density at radius 3 is 2.71 bits per heavy atom. The van der Waals surface area contributed by atoms with Gasteiger partial charge in [-0.2, -0.15) is 0 Å². The van der Waals surface area contributed by atoms with Gasteiger partial charge in [-0.05, 0) is 56.0 Å². The Labute approximate surface area is 220 Å². The van der Waals surface area contributed by atoms with Crippen molar-refractivity contribution in [3.8, 4) is 23.0 Å². The number of aromatic nitrogens is 3. The van der Waals surface area contributed by atoms with E-state index in [1.165, 1.54) is 6.07 Å². The third-order valence-electron chi connectivity index (χ3n) is 6.67. The third kappa shape index (κ3) is 4.41. The van der Waals surface area contributed by atoms with E-state index in [2.05, 4.69) is 22.1 Å². The van der Waals surface area contributed by atoms with E-state index in [0.29, 0.717) is 52.3 Å². The summed E-state index contributed by atoms with van der Waals surface area (Å²) in [5.74, 6) is 4.42. The average molecular weight is 510 g/mol. The molecule has 7 nitrogen and oxygen atoms in total. The van der Waals surface area contributed by atoms with Crippen molar-refractivity contribution in [1.82, 2.24) is 19.9 Å². The van der Waals surface area contributed by atoms with Crippen LogP contribution in [0.2, 0.25) is 0 Å². The van der Waals surface area contributed by atoms with Gasteiger partial charge in [-0.1, -0.05) is 25.8 Å². The number of halogens is 1. The number of carbonyl (C=O) groups is 2. The summed E-state index contributed by atoms with van der Waals surface area (Å²) < 4.78 is 16.3. The van der Waals surface area contributed by atoms with Crippen LogP contribution in [-0.2, 0) is 13.0 Å². The van der Waals surface area contributed by atoms with Gasteiger partial charge >= 0.3 is 0 Å². The summed E-state index contributed by atoms with van der Waals surface area (Å²) in [5, 5.41) is 3.72. The number of nitrogens with zero attached hydrogens (tertiary/aromatic N) is 3. The van der Waals surface area contributed by atoms with E-state index in [1.54, 1.807) is 19.2 Å². The largest absolute Gasteiger partial charge is 0.366 e. The Bertz CT molecular complexity index is 1680. The van der Waals surface area contributed by atoms with Crippen molar-refractivity contribution in [2.75, 3.05) is 0 Å². The third-order valence-corrected chi connectivity index (χ3v) is 6.67. The fraction of sp³-hybridized carbons (Fsp3) is 0.267. The molecule has 38 heavy (non-hydrogen) atoms. The van der Waals surface area contributed by atoms with Crippen LogP contribution in [0.25, 0.3) is 22.2 Å². The minimum absolute atomic E-state index is 0.231. The number of nitrogens with two attached hydrogens (primary N) is 1. The van der Waals surface area contributed by atoms with Crippen LogP contribution in [-0.4, -0.2) is 26.3 Å². The highest BCUT2D eigenvalue weighted by atomic mass is 19.1. The standard InChI is InChI=1S/C30H28FN5O2/c1-5-6-19-8-7-18(12-22(19)31)15-36-10-9-20-13-21(14-33-29(20)36)24-25(28(32)37)23(11-16(2)3)35-27-17(4)34-30(38)26(24)27/h7-10,12-14,16-17H,11,15H2,1-4H3,(H2,32,37)(H,34,38). The maximum atomic E-state index is 14.4. The lowest BCUT2D eigenvalue weighted by atomic mass is 9.90. The number of benzene rings is 1. The first-order valence-electron chi connectivity index (χ1n) is 12.5. The van der Waals surface area contributed by atoms with Crippen molar-refractivity contribution in [3.05, 3.63) is 82.2 Å². The second-order valence-electron chi connectivity index (χ2n) is 10.00. The quantitative estimate of drug-likeness (QED) is 0.366. The van der Waals surface area contributed by atoms with Crippen LogP contribution < -0.4 is 11.1 Å². The van der Waals surface area contributed by atoms with Crippen molar-refractivity contribution in [1.29, 1.82) is 0 Å². The van der Waals surface area contributed by atoms with E-state index in [1.807, 2.05) is 49.7 Å². The van der Waals surface area contributed by atoms with Gasteiger partial charge in [0.25, 0.3) is 11.8 Å². The first-order chi connectivity index (χ1) is 18.2. The molecule has 1 atom stereocenters. The number of rotatable bonds is 6. The molecule has 1 aromatic carbocycles. The number of nitrogens with one attached hydrogen (secondary N) is 1. The zero-order valence-electron chi connectivity index (χ0n) is 21.7. The van der Waals surface area contributed by atoms with Gasteiger partial charge in [0.2, 0.25) is 0 Å². The molecule has 5 rings (SSSR count). The van der Waals surface area contributed by atoms with Crippen molar-refractivity contribution in [2.24, 2.45) is 11.7 Å². The SMILES string of the molecule is CC#Cc1ccc(Cn2ccc3cc(-c4c(C(N)=O)c(CC(C)C)nc5c4C(=O)NC5C)cnc32)cc1F. The molecule has 0 fully saturated rings. The van der Waals surface area contributed by atoms with Crippen LogP contribution in [0.1, 0.15) is 77.0 Å². The molecular formula is C30H28FN5O2. The Morgan fingerprint density at radius 2 is 2.03 bits per heavy atom. The van der Waals surface area contributed by atoms with Gasteiger partial charge in [0.15, 0.2) is 0 Å². The number of hydrogen-bond acceptors (Lipinski definition) is 4. The number of pyridine rings is 2. The lowest BCUT2D eigenvalue weighted by Gasteiger charge is -2.17. The zero-order chi connectivity index (χ0) is 27.1. The summed E-state index contributed by atoms with van der Waals surface area (Å²) >= 11 is 0. The van der Waals surface area contributed by atoms with Gasteiger partial charge in [0.05, 0.1) is 34.1 Å². The molecule has 0 radical (unpaired) electrons. The predicted octanol–water partition coefficient (Wildman–Crippen LogP) is 4.76. The molecule has 4 heterocycles. The maximum absolute atomic E-state index is 14.4. The Balaban J connectivity index is 1.62. The fourth-order valence-electron chi connectivity index (χ4n) is 5.06. The first-order valence-corrected chi connectivity index (χ1v) is 12.5. The molecule has 1 aliphatic heterocycles. The van der Waals surface area contributed by atoms with Crippen molar-refractivity contribution in [2.45, 2.75) is 46.7 Å². The number of primary amides is 1. The topological polar surface area (TPSA) is 103 Å². The van der Waals surface area contributed by atoms with Gasteiger partial charge in [-0.15, -0.1) is 5.92 Å². The van der Waals surface area contributed by atoms with Crippen LogP contribution >= 0.6 is 0 Å². The second kappa shape index (κ2) is 9.75. The molecule has 1 unspecified atom stereocenters. The number of hydrogen-bond donors (Lipinski definition) is 2. The van der Waals surface area contributed by atoms with E-state index < -0.39 is 5.91 Å². The molecule has 1 aliphatic rings. The van der Waals surface area contributed by atoms with E-state index in [4.69, 9.17) is 10.7 Å². The molecule has 192 valence electrons. The van der Waals surface area contributed by atoms with E-state index in [0.717, 1.165) is 10.9 Å². The normalized spacial score (nSPS) is 14.4. The Kier molecular flexibility index (Phi) is 6.45. The monoisotopic (exact) mass is 509 g/mol. The zero-order valence-corrected chi connectivity index (χ0v) is 21.7. The van der Waals surface area contributed by atoms with Crippen LogP contribution in [0, 0.1) is 23.6 Å². The van der Waals surface area contributed by atoms with Gasteiger partial charge in [0.1, 0.15) is 11.5 Å². The molecule has 8 heteroatoms. The van der Waals surface area contributed by atoms with E-state index in [9.17, 15) is 14.0 Å². The summed E-state index contributed by atoms with van der Waals surface area (Å²) in [6.45, 7) is 8.04. The number of amides is 2. The Morgan fingerprint density at radius 1 is 1.24 bits per heavy atom. The van der Waals surface area contributed by atoms with Crippen LogP contribution in [0.5, 0.6) is 0 Å². The molecule has 3 N–H and O–H groups in total. The molecule has 3 aromatic heterocycles. The Hall–Kier alpha value is -4.51. The van der Waals surface area contributed by atoms with Gasteiger partial charge in [-0.3, -0.25) is 14.6 Å². The number of carbonyl (C=O) groups excluding carboxylic acids is 2. The number of fused-ring (bicyclic) bond motifs is 2. The lowest BCUT2D eigenvalue weighted by Crippen LogP contribution is -2.20. The molecule has 0 saturated heterocycles. The summed E-state index contributed by atoms with van der Waals surface area (Å²) in [7, 11) is 0. The minimum Gasteiger partial charge on any atom is -0.366 e. The van der Waals surface area contributed by atoms with Crippen LogP contribution in [0.4, 0.5) is 4.39 Å². The van der Waals surface area contributed by atoms with Crippen LogP contribution in [0.3, 0.4) is 0 Å². The van der Waals surface area contributed by atoms with E-state index >= 15 is 0 Å². The fourth-order valence-corrected chi connectivity index (χ4v) is 5.06. The molecule has 0 aliphatic carbocycles. The average Bonchev–Trinajstić information content (AvgIpc) is 3.38. The maximum Gasteiger partial charge on any atom is 0.254 e. The second-order valence-corrected chi connectivity index (χ2v) is 10.00. The van der Waals surface area contributed by atoms with Crippen molar-refractivity contribution < 1.29 is 14.0 Å². The highest BCUT2D eigenvalue weighted by Gasteiger charge is 2.35. The minimum atomic E-state index is -0.630. The van der Waals surface area contributed by atoms with Gasteiger partial charge < -0.3 is 15.6 Å². The first kappa shape index (κ1) is 25.2. The summed E-state index contributed by atoms with van der Waals surface area (Å²) in [4.78, 5) is 35.1. The molecule has 0 spiro atoms. The summed E-state index contributed by atoms with van der Waals surface area (Å²) in [6.07, 6.45) is 4.07. The lowest BCUT2D eigenvalue weighted by molar-refractivity contribution is 0.0959.